The van der Waals surface area contributed by atoms with Crippen molar-refractivity contribution in [2.45, 2.75) is 44.8 Å². The first-order chi connectivity index (χ1) is 15.7. The zero-order valence-electron chi connectivity index (χ0n) is 19.0. The van der Waals surface area contributed by atoms with Crippen molar-refractivity contribution < 1.29 is 9.72 Å². The van der Waals surface area contributed by atoms with E-state index in [1.807, 2.05) is 23.6 Å². The topological polar surface area (TPSA) is 115 Å². The number of rotatable bonds is 8. The van der Waals surface area contributed by atoms with E-state index < -0.39 is 4.92 Å². The average Bonchev–Trinajstić information content (AvgIpc) is 3.20. The number of thioether (sulfide) groups is 1. The van der Waals surface area contributed by atoms with E-state index in [0.29, 0.717) is 17.3 Å². The van der Waals surface area contributed by atoms with Crippen molar-refractivity contribution in [3.05, 3.63) is 69.8 Å². The fourth-order valence-electron chi connectivity index (χ4n) is 3.04. The highest BCUT2D eigenvalue weighted by Crippen LogP contribution is 2.27. The summed E-state index contributed by atoms with van der Waals surface area (Å²) in [4.78, 5) is 22.4. The normalized spacial score (nSPS) is 11.6. The number of hydrogen-bond donors (Lipinski definition) is 1. The Kier molecular flexibility index (Phi) is 7.59. The molecule has 1 N–H and O–H groups in total. The highest BCUT2D eigenvalue weighted by Gasteiger charge is 2.17. The van der Waals surface area contributed by atoms with Gasteiger partial charge in [-0.3, -0.25) is 14.9 Å². The summed E-state index contributed by atoms with van der Waals surface area (Å²) in [6.45, 7) is 9.20. The summed E-state index contributed by atoms with van der Waals surface area (Å²) in [6.07, 6.45) is 1.43. The minimum Gasteiger partial charge on any atom is -0.302 e. The third-order valence-electron chi connectivity index (χ3n) is 4.88. The zero-order chi connectivity index (χ0) is 24.0. The Balaban J connectivity index is 1.59. The molecule has 0 spiro atoms. The van der Waals surface area contributed by atoms with Crippen molar-refractivity contribution in [3.63, 3.8) is 0 Å². The van der Waals surface area contributed by atoms with Gasteiger partial charge in [-0.25, -0.2) is 5.43 Å². The van der Waals surface area contributed by atoms with Crippen LogP contribution < -0.4 is 5.43 Å². The van der Waals surface area contributed by atoms with Crippen LogP contribution in [0.5, 0.6) is 0 Å². The second-order valence-electron chi connectivity index (χ2n) is 8.31. The molecule has 1 amide bonds. The van der Waals surface area contributed by atoms with Gasteiger partial charge in [0.25, 0.3) is 11.6 Å². The fourth-order valence-corrected chi connectivity index (χ4v) is 3.83. The first-order valence-corrected chi connectivity index (χ1v) is 11.4. The van der Waals surface area contributed by atoms with Gasteiger partial charge in [0, 0.05) is 24.2 Å². The number of hydrazone groups is 1. The lowest BCUT2D eigenvalue weighted by Crippen LogP contribution is -2.20. The summed E-state index contributed by atoms with van der Waals surface area (Å²) >= 11 is 1.28. The Labute approximate surface area is 196 Å². The molecule has 0 radical (unpaired) electrons. The van der Waals surface area contributed by atoms with Crippen molar-refractivity contribution >= 4 is 29.6 Å². The molecule has 172 valence electrons. The molecule has 9 nitrogen and oxygen atoms in total. The number of nitrogens with one attached hydrogen (secondary N) is 1. The number of carbonyl (C=O) groups is 1. The Morgan fingerprint density at radius 1 is 1.15 bits per heavy atom. The Hall–Kier alpha value is -3.53. The van der Waals surface area contributed by atoms with Crippen LogP contribution in [0.2, 0.25) is 0 Å². The molecule has 3 aromatic rings. The number of aromatic nitrogens is 3. The van der Waals surface area contributed by atoms with Crippen molar-refractivity contribution in [1.29, 1.82) is 0 Å². The van der Waals surface area contributed by atoms with E-state index in [-0.39, 0.29) is 22.8 Å². The molecular weight excluding hydrogens is 440 g/mol. The Morgan fingerprint density at radius 2 is 1.82 bits per heavy atom. The molecule has 1 heterocycles. The van der Waals surface area contributed by atoms with Crippen LogP contribution in [-0.4, -0.2) is 37.6 Å². The predicted molar refractivity (Wildman–Crippen MR) is 129 cm³/mol. The molecule has 0 aliphatic rings. The molecule has 3 rings (SSSR count). The van der Waals surface area contributed by atoms with Crippen LogP contribution in [0.4, 0.5) is 5.69 Å². The van der Waals surface area contributed by atoms with E-state index in [1.165, 1.54) is 35.7 Å². The Morgan fingerprint density at radius 3 is 2.39 bits per heavy atom. The van der Waals surface area contributed by atoms with Gasteiger partial charge < -0.3 is 4.57 Å². The lowest BCUT2D eigenvalue weighted by Gasteiger charge is -2.19. The molecule has 0 bridgehead atoms. The number of amides is 1. The lowest BCUT2D eigenvalue weighted by atomic mass is 9.87. The summed E-state index contributed by atoms with van der Waals surface area (Å²) in [5, 5.41) is 23.8. The summed E-state index contributed by atoms with van der Waals surface area (Å²) in [7, 11) is 0. The van der Waals surface area contributed by atoms with Gasteiger partial charge in [0.15, 0.2) is 11.0 Å². The van der Waals surface area contributed by atoms with Crippen LogP contribution in [0.3, 0.4) is 0 Å². The molecule has 0 unspecified atom stereocenters. The molecule has 0 fully saturated rings. The third-order valence-corrected chi connectivity index (χ3v) is 5.85. The SMILES string of the molecule is CCn1c(SCC(=O)N/N=C\c2ccc([N+](=O)[O-])cc2)nnc1-c1ccc(C(C)(C)C)cc1. The van der Waals surface area contributed by atoms with Gasteiger partial charge in [0.1, 0.15) is 0 Å². The van der Waals surface area contributed by atoms with E-state index in [1.54, 1.807) is 12.1 Å². The van der Waals surface area contributed by atoms with Gasteiger partial charge in [0.2, 0.25) is 0 Å². The predicted octanol–water partition coefficient (Wildman–Crippen LogP) is 4.41. The minimum atomic E-state index is -0.471. The van der Waals surface area contributed by atoms with E-state index in [0.717, 1.165) is 11.4 Å². The van der Waals surface area contributed by atoms with Crippen molar-refractivity contribution in [2.75, 3.05) is 5.75 Å². The fraction of sp³-hybridized carbons (Fsp3) is 0.304. The highest BCUT2D eigenvalue weighted by molar-refractivity contribution is 7.99. The molecule has 2 aromatic carbocycles. The van der Waals surface area contributed by atoms with Gasteiger partial charge in [-0.15, -0.1) is 10.2 Å². The number of non-ortho nitro benzene ring substituents is 1. The minimum absolute atomic E-state index is 0.00265. The summed E-state index contributed by atoms with van der Waals surface area (Å²) in [5.74, 6) is 0.593. The number of nitro groups is 1. The van der Waals surface area contributed by atoms with Crippen LogP contribution in [-0.2, 0) is 16.8 Å². The summed E-state index contributed by atoms with van der Waals surface area (Å²) in [6, 6.07) is 14.2. The summed E-state index contributed by atoms with van der Waals surface area (Å²) < 4.78 is 1.98. The summed E-state index contributed by atoms with van der Waals surface area (Å²) in [5.41, 5.74) is 5.38. The Bertz CT molecular complexity index is 1150. The number of nitro benzene ring substituents is 1. The molecule has 33 heavy (non-hydrogen) atoms. The van der Waals surface area contributed by atoms with Gasteiger partial charge >= 0.3 is 0 Å². The molecule has 1 aromatic heterocycles. The van der Waals surface area contributed by atoms with Gasteiger partial charge in [-0.2, -0.15) is 5.10 Å². The standard InChI is InChI=1S/C23H26N6O3S/c1-5-28-21(17-8-10-18(11-9-17)23(2,3)4)26-27-22(28)33-15-20(30)25-24-14-16-6-12-19(13-7-16)29(31)32/h6-14H,5,15H2,1-4H3,(H,25,30)/b24-14-. The lowest BCUT2D eigenvalue weighted by molar-refractivity contribution is -0.384. The van der Waals surface area contributed by atoms with E-state index >= 15 is 0 Å². The van der Waals surface area contributed by atoms with Crippen molar-refractivity contribution in [2.24, 2.45) is 5.10 Å². The average molecular weight is 467 g/mol. The van der Waals surface area contributed by atoms with Gasteiger partial charge in [0.05, 0.1) is 16.9 Å². The van der Waals surface area contributed by atoms with Crippen LogP contribution in [0, 0.1) is 10.1 Å². The highest BCUT2D eigenvalue weighted by atomic mass is 32.2. The molecule has 0 atom stereocenters. The molecular formula is C23H26N6O3S. The first-order valence-electron chi connectivity index (χ1n) is 10.4. The number of carbonyl (C=O) groups excluding carboxylic acids is 1. The van der Waals surface area contributed by atoms with Crippen LogP contribution in [0.15, 0.2) is 58.8 Å². The molecule has 0 saturated carbocycles. The van der Waals surface area contributed by atoms with Crippen molar-refractivity contribution in [3.8, 4) is 11.4 Å². The smallest absolute Gasteiger partial charge is 0.269 e. The third kappa shape index (κ3) is 6.26. The quantitative estimate of drug-likeness (QED) is 0.227. The second kappa shape index (κ2) is 10.4. The molecule has 0 aliphatic carbocycles. The van der Waals surface area contributed by atoms with Crippen LogP contribution >= 0.6 is 11.8 Å². The van der Waals surface area contributed by atoms with E-state index in [4.69, 9.17) is 0 Å². The maximum absolute atomic E-state index is 12.2. The monoisotopic (exact) mass is 466 g/mol. The largest absolute Gasteiger partial charge is 0.302 e. The molecule has 10 heteroatoms. The van der Waals surface area contributed by atoms with E-state index in [9.17, 15) is 14.9 Å². The second-order valence-corrected chi connectivity index (χ2v) is 9.25. The van der Waals surface area contributed by atoms with Crippen LogP contribution in [0.25, 0.3) is 11.4 Å². The maximum Gasteiger partial charge on any atom is 0.269 e. The molecule has 0 saturated heterocycles. The van der Waals surface area contributed by atoms with E-state index in [2.05, 4.69) is 53.6 Å². The van der Waals surface area contributed by atoms with Gasteiger partial charge in [-0.1, -0.05) is 56.8 Å². The maximum atomic E-state index is 12.2. The molecule has 0 aliphatic heterocycles. The number of benzene rings is 2. The zero-order valence-corrected chi connectivity index (χ0v) is 19.8. The van der Waals surface area contributed by atoms with Crippen LogP contribution in [0.1, 0.15) is 38.8 Å². The van der Waals surface area contributed by atoms with Gasteiger partial charge in [-0.05, 0) is 35.6 Å². The van der Waals surface area contributed by atoms with Crippen molar-refractivity contribution in [1.82, 2.24) is 20.2 Å². The number of nitrogens with zero attached hydrogens (tertiary/aromatic N) is 5. The first kappa shape index (κ1) is 24.1. The number of hydrogen-bond acceptors (Lipinski definition) is 7.